The topological polar surface area (TPSA) is 44.5 Å². The first kappa shape index (κ1) is 11.8. The Morgan fingerprint density at radius 1 is 1.43 bits per heavy atom. The molecule has 0 aromatic heterocycles. The van der Waals surface area contributed by atoms with E-state index in [1.165, 1.54) is 0 Å². The highest BCUT2D eigenvalue weighted by molar-refractivity contribution is 4.67. The first-order valence-corrected chi connectivity index (χ1v) is 4.91. The predicted molar refractivity (Wildman–Crippen MR) is 48.4 cm³/mol. The van der Waals surface area contributed by atoms with Gasteiger partial charge in [-0.25, -0.2) is 8.78 Å². The molecule has 1 unspecified atom stereocenters. The van der Waals surface area contributed by atoms with Crippen molar-refractivity contribution in [2.24, 2.45) is 5.73 Å². The van der Waals surface area contributed by atoms with Crippen molar-refractivity contribution in [2.75, 3.05) is 26.4 Å². The summed E-state index contributed by atoms with van der Waals surface area (Å²) in [5, 5.41) is 0. The van der Waals surface area contributed by atoms with Gasteiger partial charge in [-0.1, -0.05) is 0 Å². The van der Waals surface area contributed by atoms with Crippen LogP contribution in [0.25, 0.3) is 0 Å². The average Bonchev–Trinajstić information content (AvgIpc) is 2.19. The van der Waals surface area contributed by atoms with Crippen LogP contribution >= 0.6 is 0 Å². The van der Waals surface area contributed by atoms with Gasteiger partial charge in [0.05, 0.1) is 19.3 Å². The number of ether oxygens (including phenoxy) is 2. The minimum absolute atomic E-state index is 0.0164. The Morgan fingerprint density at radius 3 is 2.79 bits per heavy atom. The molecule has 0 amide bonds. The zero-order chi connectivity index (χ0) is 10.4. The lowest BCUT2D eigenvalue weighted by molar-refractivity contribution is -0.101. The van der Waals surface area contributed by atoms with Crippen molar-refractivity contribution in [2.45, 2.75) is 31.3 Å². The minimum Gasteiger partial charge on any atom is -0.376 e. The summed E-state index contributed by atoms with van der Waals surface area (Å²) in [7, 11) is 0. The molecule has 1 rings (SSSR count). The molecule has 3 nitrogen and oxygen atoms in total. The summed E-state index contributed by atoms with van der Waals surface area (Å²) in [4.78, 5) is 0. The van der Waals surface area contributed by atoms with E-state index in [4.69, 9.17) is 15.2 Å². The zero-order valence-electron chi connectivity index (χ0n) is 8.18. The monoisotopic (exact) mass is 209 g/mol. The molecule has 84 valence electrons. The van der Waals surface area contributed by atoms with Gasteiger partial charge in [0, 0.05) is 6.61 Å². The van der Waals surface area contributed by atoms with E-state index in [-0.39, 0.29) is 12.7 Å². The van der Waals surface area contributed by atoms with Crippen molar-refractivity contribution >= 4 is 0 Å². The first-order valence-electron chi connectivity index (χ1n) is 4.91. The summed E-state index contributed by atoms with van der Waals surface area (Å²) in [6.07, 6.45) is 3.02. The molecule has 0 radical (unpaired) electrons. The number of rotatable bonds is 5. The molecular weight excluding hydrogens is 192 g/mol. The lowest BCUT2D eigenvalue weighted by Crippen LogP contribution is -2.35. The number of hydrogen-bond donors (Lipinski definition) is 1. The fourth-order valence-electron chi connectivity index (χ4n) is 1.34. The summed E-state index contributed by atoms with van der Waals surface area (Å²) in [6.45, 7) is -0.321. The van der Waals surface area contributed by atoms with Gasteiger partial charge in [0.15, 0.2) is 0 Å². The molecule has 1 fully saturated rings. The molecule has 1 saturated heterocycles. The van der Waals surface area contributed by atoms with Crippen LogP contribution < -0.4 is 5.73 Å². The van der Waals surface area contributed by atoms with Crippen molar-refractivity contribution in [3.8, 4) is 0 Å². The predicted octanol–water partition coefficient (Wildman–Crippen LogP) is 1.17. The van der Waals surface area contributed by atoms with Gasteiger partial charge < -0.3 is 15.2 Å². The third-order valence-electron chi connectivity index (χ3n) is 2.19. The van der Waals surface area contributed by atoms with Crippen molar-refractivity contribution in [1.29, 1.82) is 0 Å². The van der Waals surface area contributed by atoms with Crippen LogP contribution in [-0.4, -0.2) is 38.4 Å². The van der Waals surface area contributed by atoms with Gasteiger partial charge in [-0.3, -0.25) is 0 Å². The normalized spacial score (nSPS) is 23.8. The zero-order valence-corrected chi connectivity index (χ0v) is 8.18. The Bertz CT molecular complexity index is 161. The summed E-state index contributed by atoms with van der Waals surface area (Å²) in [6, 6.07) is 0. The van der Waals surface area contributed by atoms with E-state index in [0.717, 1.165) is 19.3 Å². The molecule has 0 aliphatic carbocycles. The molecule has 0 saturated carbocycles. The highest BCUT2D eigenvalue weighted by Crippen LogP contribution is 2.15. The van der Waals surface area contributed by atoms with E-state index >= 15 is 0 Å². The molecule has 0 aromatic carbocycles. The second kappa shape index (κ2) is 5.58. The highest BCUT2D eigenvalue weighted by Gasteiger charge is 2.27. The fraction of sp³-hybridized carbons (Fsp3) is 1.00. The van der Waals surface area contributed by atoms with Crippen molar-refractivity contribution in [3.63, 3.8) is 0 Å². The van der Waals surface area contributed by atoms with Crippen molar-refractivity contribution < 1.29 is 18.3 Å². The van der Waals surface area contributed by atoms with E-state index in [1.807, 2.05) is 0 Å². The van der Waals surface area contributed by atoms with Crippen LogP contribution in [0.4, 0.5) is 8.78 Å². The van der Waals surface area contributed by atoms with Crippen LogP contribution in [0, 0.1) is 0 Å². The quantitative estimate of drug-likeness (QED) is 0.739. The van der Waals surface area contributed by atoms with Crippen LogP contribution in [0.5, 0.6) is 0 Å². The smallest absolute Gasteiger partial charge is 0.282 e. The van der Waals surface area contributed by atoms with Gasteiger partial charge in [0.25, 0.3) is 5.92 Å². The van der Waals surface area contributed by atoms with Crippen LogP contribution in [0.3, 0.4) is 0 Å². The van der Waals surface area contributed by atoms with Crippen LogP contribution in [-0.2, 0) is 9.47 Å². The molecule has 1 aliphatic heterocycles. The molecule has 1 atom stereocenters. The van der Waals surface area contributed by atoms with Gasteiger partial charge in [0.2, 0.25) is 0 Å². The van der Waals surface area contributed by atoms with Gasteiger partial charge >= 0.3 is 0 Å². The van der Waals surface area contributed by atoms with E-state index < -0.39 is 19.1 Å². The SMILES string of the molecule is NCC(F)(F)COCC1CCCCO1. The molecule has 1 aliphatic rings. The maximum Gasteiger partial charge on any atom is 0.282 e. The summed E-state index contributed by atoms with van der Waals surface area (Å²) >= 11 is 0. The van der Waals surface area contributed by atoms with Crippen molar-refractivity contribution in [3.05, 3.63) is 0 Å². The van der Waals surface area contributed by atoms with E-state index in [1.54, 1.807) is 0 Å². The van der Waals surface area contributed by atoms with Gasteiger partial charge in [0.1, 0.15) is 6.61 Å². The maximum atomic E-state index is 12.6. The van der Waals surface area contributed by atoms with E-state index in [9.17, 15) is 8.78 Å². The maximum absolute atomic E-state index is 12.6. The van der Waals surface area contributed by atoms with Gasteiger partial charge in [-0.05, 0) is 19.3 Å². The number of halogens is 2. The molecular formula is C9H17F2NO2. The van der Waals surface area contributed by atoms with Crippen LogP contribution in [0.15, 0.2) is 0 Å². The third-order valence-corrected chi connectivity index (χ3v) is 2.19. The highest BCUT2D eigenvalue weighted by atomic mass is 19.3. The Balaban J connectivity index is 2.08. The largest absolute Gasteiger partial charge is 0.376 e. The lowest BCUT2D eigenvalue weighted by Gasteiger charge is -2.23. The summed E-state index contributed by atoms with van der Waals surface area (Å²) in [5.41, 5.74) is 4.86. The second-order valence-electron chi connectivity index (χ2n) is 3.56. The Kier molecular flexibility index (Phi) is 4.71. The van der Waals surface area contributed by atoms with Crippen LogP contribution in [0.1, 0.15) is 19.3 Å². The molecule has 14 heavy (non-hydrogen) atoms. The lowest BCUT2D eigenvalue weighted by atomic mass is 10.1. The van der Waals surface area contributed by atoms with Crippen LogP contribution in [0.2, 0.25) is 0 Å². The van der Waals surface area contributed by atoms with Gasteiger partial charge in [-0.15, -0.1) is 0 Å². The molecule has 0 bridgehead atoms. The Hall–Kier alpha value is -0.260. The summed E-state index contributed by atoms with van der Waals surface area (Å²) in [5.74, 6) is -2.91. The number of hydrogen-bond acceptors (Lipinski definition) is 3. The van der Waals surface area contributed by atoms with E-state index in [2.05, 4.69) is 0 Å². The molecule has 0 aromatic rings. The van der Waals surface area contributed by atoms with Crippen molar-refractivity contribution in [1.82, 2.24) is 0 Å². The fourth-order valence-corrected chi connectivity index (χ4v) is 1.34. The number of alkyl halides is 2. The average molecular weight is 209 g/mol. The van der Waals surface area contributed by atoms with E-state index in [0.29, 0.717) is 6.61 Å². The number of nitrogens with two attached hydrogens (primary N) is 1. The summed E-state index contributed by atoms with van der Waals surface area (Å²) < 4.78 is 35.4. The molecule has 5 heteroatoms. The standard InChI is InChI=1S/C9H17F2NO2/c10-9(11,6-12)7-13-5-8-3-1-2-4-14-8/h8H,1-7,12H2. The minimum atomic E-state index is -2.91. The Labute approximate surface area is 82.6 Å². The molecule has 1 heterocycles. The first-order chi connectivity index (χ1) is 6.64. The molecule has 2 N–H and O–H groups in total. The molecule has 0 spiro atoms. The third kappa shape index (κ3) is 4.30. The Morgan fingerprint density at radius 2 is 2.21 bits per heavy atom. The van der Waals surface area contributed by atoms with Gasteiger partial charge in [-0.2, -0.15) is 0 Å². The second-order valence-corrected chi connectivity index (χ2v) is 3.56.